The van der Waals surface area contributed by atoms with Gasteiger partial charge >= 0.3 is 5.97 Å². The molecule has 4 nitrogen and oxygen atoms in total. The van der Waals surface area contributed by atoms with Crippen molar-refractivity contribution < 1.29 is 23.5 Å². The molecule has 1 atom stereocenters. The van der Waals surface area contributed by atoms with Gasteiger partial charge in [0.2, 0.25) is 11.8 Å². The number of aliphatic carboxylic acids is 1. The van der Waals surface area contributed by atoms with Gasteiger partial charge in [-0.2, -0.15) is 0 Å². The highest BCUT2D eigenvalue weighted by Crippen LogP contribution is 2.71. The molecule has 2 bridgehead atoms. The van der Waals surface area contributed by atoms with Crippen LogP contribution in [0, 0.1) is 16.7 Å². The number of carbonyl (C=O) groups excluding carboxylic acids is 1. The maximum Gasteiger partial charge on any atom is 0.309 e. The molecule has 1 amide bonds. The van der Waals surface area contributed by atoms with Crippen molar-refractivity contribution in [1.29, 1.82) is 0 Å². The van der Waals surface area contributed by atoms with Crippen LogP contribution in [0.2, 0.25) is 5.02 Å². The van der Waals surface area contributed by atoms with Gasteiger partial charge in [0.05, 0.1) is 11.0 Å². The largest absolute Gasteiger partial charge is 0.481 e. The number of halogens is 3. The average Bonchev–Trinajstić information content (AvgIpc) is 2.63. The molecule has 4 saturated carbocycles. The van der Waals surface area contributed by atoms with Crippen LogP contribution in [0.3, 0.4) is 0 Å². The number of aryl methyl sites for hydroxylation is 1. The number of alkyl halides is 2. The molecule has 0 saturated heterocycles. The topological polar surface area (TPSA) is 57.6 Å². The number of hydrogen-bond acceptors (Lipinski definition) is 2. The molecule has 7 heteroatoms. The van der Waals surface area contributed by atoms with Crippen LogP contribution in [-0.2, 0) is 21.4 Å². The summed E-state index contributed by atoms with van der Waals surface area (Å²) in [7, 11) is 0. The Balaban J connectivity index is 1.46. The Labute approximate surface area is 210 Å². The van der Waals surface area contributed by atoms with Crippen LogP contribution in [0.1, 0.15) is 83.8 Å². The lowest BCUT2D eigenvalue weighted by atomic mass is 9.38. The molecule has 190 valence electrons. The normalized spacial score (nSPS) is 34.0. The first kappa shape index (κ1) is 24.7. The summed E-state index contributed by atoms with van der Waals surface area (Å²) in [6, 6.07) is 5.92. The van der Waals surface area contributed by atoms with Gasteiger partial charge in [-0.3, -0.25) is 9.59 Å². The van der Waals surface area contributed by atoms with Crippen LogP contribution < -0.4 is 0 Å². The molecule has 1 aliphatic heterocycles. The minimum atomic E-state index is -2.68. The van der Waals surface area contributed by atoms with E-state index in [2.05, 4.69) is 20.8 Å². The zero-order chi connectivity index (χ0) is 25.6. The summed E-state index contributed by atoms with van der Waals surface area (Å²) in [6.45, 7) is 8.52. The number of carbonyl (C=O) groups is 2. The first-order valence-electron chi connectivity index (χ1n) is 12.5. The summed E-state index contributed by atoms with van der Waals surface area (Å²) in [5, 5.41) is 10.1. The Morgan fingerprint density at radius 1 is 1.20 bits per heavy atom. The van der Waals surface area contributed by atoms with E-state index < -0.39 is 28.3 Å². The molecule has 5 aliphatic rings. The summed E-state index contributed by atoms with van der Waals surface area (Å²) in [4.78, 5) is 26.7. The second kappa shape index (κ2) is 7.53. The molecule has 1 N–H and O–H groups in total. The Morgan fingerprint density at radius 3 is 2.34 bits per heavy atom. The van der Waals surface area contributed by atoms with Crippen molar-refractivity contribution in [2.24, 2.45) is 16.7 Å². The quantitative estimate of drug-likeness (QED) is 0.465. The average molecular weight is 506 g/mol. The van der Waals surface area contributed by atoms with Crippen molar-refractivity contribution in [2.45, 2.75) is 95.9 Å². The number of carboxylic acid groups (broad SMARTS) is 1. The van der Waals surface area contributed by atoms with E-state index in [1.165, 1.54) is 0 Å². The summed E-state index contributed by atoms with van der Waals surface area (Å²) in [6.07, 6.45) is 4.68. The van der Waals surface area contributed by atoms with Crippen LogP contribution in [0.5, 0.6) is 0 Å². The van der Waals surface area contributed by atoms with Crippen LogP contribution >= 0.6 is 11.6 Å². The van der Waals surface area contributed by atoms with Crippen molar-refractivity contribution in [3.63, 3.8) is 0 Å². The third kappa shape index (κ3) is 3.91. The van der Waals surface area contributed by atoms with E-state index in [0.29, 0.717) is 24.3 Å². The number of carboxylic acids is 1. The monoisotopic (exact) mass is 505 g/mol. The fourth-order valence-electron chi connectivity index (χ4n) is 6.77. The lowest BCUT2D eigenvalue weighted by Crippen LogP contribution is -2.77. The Kier molecular flexibility index (Phi) is 5.32. The number of hydrogen-bond donors (Lipinski definition) is 1. The van der Waals surface area contributed by atoms with E-state index in [0.717, 1.165) is 29.5 Å². The molecule has 4 aliphatic carbocycles. The maximum atomic E-state index is 13.9. The van der Waals surface area contributed by atoms with Crippen LogP contribution in [-0.4, -0.2) is 33.3 Å². The SMILES string of the molecule is CC(C)(C)CCc1ccc([C@]2(C)CC(=O)N(C34CC(C(=O)O)(C3)C4)C=C2C2CC(F)(F)C2)cc1Cl. The first-order valence-corrected chi connectivity index (χ1v) is 12.9. The van der Waals surface area contributed by atoms with Crippen molar-refractivity contribution in [3.8, 4) is 0 Å². The molecule has 1 aromatic carbocycles. The van der Waals surface area contributed by atoms with Gasteiger partial charge in [0.15, 0.2) is 0 Å². The van der Waals surface area contributed by atoms with Gasteiger partial charge in [0.25, 0.3) is 0 Å². The highest BCUT2D eigenvalue weighted by Gasteiger charge is 2.75. The summed E-state index contributed by atoms with van der Waals surface area (Å²) < 4.78 is 27.9. The summed E-state index contributed by atoms with van der Waals surface area (Å²) in [5.41, 5.74) is 1.03. The van der Waals surface area contributed by atoms with Crippen LogP contribution in [0.4, 0.5) is 8.78 Å². The third-order valence-electron chi connectivity index (χ3n) is 9.01. The van der Waals surface area contributed by atoms with Crippen LogP contribution in [0.25, 0.3) is 0 Å². The van der Waals surface area contributed by atoms with Crippen molar-refractivity contribution in [1.82, 2.24) is 4.90 Å². The third-order valence-corrected chi connectivity index (χ3v) is 9.36. The number of amides is 1. The molecule has 0 spiro atoms. The molecule has 0 unspecified atom stereocenters. The van der Waals surface area contributed by atoms with Crippen molar-refractivity contribution >= 4 is 23.5 Å². The first-order chi connectivity index (χ1) is 16.1. The van der Waals surface area contributed by atoms with E-state index in [1.54, 1.807) is 11.1 Å². The van der Waals surface area contributed by atoms with Gasteiger partial charge in [-0.25, -0.2) is 8.78 Å². The Bertz CT molecular complexity index is 1110. The zero-order valence-corrected chi connectivity index (χ0v) is 21.6. The van der Waals surface area contributed by atoms with E-state index in [-0.39, 0.29) is 36.5 Å². The fraction of sp³-hybridized carbons (Fsp3) is 0.643. The van der Waals surface area contributed by atoms with E-state index >= 15 is 0 Å². The second-order valence-corrected chi connectivity index (χ2v) is 13.4. The zero-order valence-electron chi connectivity index (χ0n) is 20.9. The number of allylic oxidation sites excluding steroid dienone is 1. The van der Waals surface area contributed by atoms with E-state index in [4.69, 9.17) is 11.6 Å². The minimum Gasteiger partial charge on any atom is -0.481 e. The van der Waals surface area contributed by atoms with E-state index in [9.17, 15) is 23.5 Å². The Hall–Kier alpha value is -1.95. The molecular formula is C28H34ClF2NO3. The number of rotatable bonds is 6. The fourth-order valence-corrected chi connectivity index (χ4v) is 7.05. The highest BCUT2D eigenvalue weighted by molar-refractivity contribution is 6.31. The molecule has 0 radical (unpaired) electrons. The molecule has 4 fully saturated rings. The standard InChI is InChI=1S/C28H34ClF2NO3/c1-24(2,3)8-7-17-5-6-19(9-21(17)29)25(4)12-22(33)32(13-20(25)18-10-28(30,31)11-18)27-14-26(15-27,16-27)23(34)35/h5-6,9,13,18H,7-8,10-12,14-16H2,1-4H3,(H,34,35)/t25-,26?,27?/m0/s1. The summed E-state index contributed by atoms with van der Waals surface area (Å²) in [5.74, 6) is -3.88. The maximum absolute atomic E-state index is 13.9. The molecule has 1 heterocycles. The molecule has 6 rings (SSSR count). The van der Waals surface area contributed by atoms with Gasteiger partial charge in [0, 0.05) is 35.9 Å². The number of nitrogens with zero attached hydrogens (tertiary/aromatic N) is 1. The highest BCUT2D eigenvalue weighted by atomic mass is 35.5. The lowest BCUT2D eigenvalue weighted by molar-refractivity contribution is -0.224. The molecule has 1 aromatic rings. The van der Waals surface area contributed by atoms with Crippen molar-refractivity contribution in [3.05, 3.63) is 46.1 Å². The van der Waals surface area contributed by atoms with Gasteiger partial charge in [-0.1, -0.05) is 51.4 Å². The van der Waals surface area contributed by atoms with Gasteiger partial charge in [-0.05, 0) is 66.2 Å². The van der Waals surface area contributed by atoms with E-state index in [1.807, 2.05) is 25.1 Å². The molecule has 0 aromatic heterocycles. The van der Waals surface area contributed by atoms with Gasteiger partial charge in [0.1, 0.15) is 0 Å². The molecule has 35 heavy (non-hydrogen) atoms. The Morgan fingerprint density at radius 2 is 1.83 bits per heavy atom. The number of benzene rings is 1. The predicted molar refractivity (Wildman–Crippen MR) is 130 cm³/mol. The predicted octanol–water partition coefficient (Wildman–Crippen LogP) is 6.75. The van der Waals surface area contributed by atoms with Crippen LogP contribution in [0.15, 0.2) is 30.0 Å². The van der Waals surface area contributed by atoms with Crippen molar-refractivity contribution in [2.75, 3.05) is 0 Å². The minimum absolute atomic E-state index is 0.0750. The lowest BCUT2D eigenvalue weighted by Gasteiger charge is -2.71. The smallest absolute Gasteiger partial charge is 0.309 e. The van der Waals surface area contributed by atoms with Gasteiger partial charge < -0.3 is 10.0 Å². The second-order valence-electron chi connectivity index (χ2n) is 13.0. The van der Waals surface area contributed by atoms with Gasteiger partial charge in [-0.15, -0.1) is 0 Å². The summed E-state index contributed by atoms with van der Waals surface area (Å²) >= 11 is 6.69. The molecular weight excluding hydrogens is 472 g/mol.